The van der Waals surface area contributed by atoms with Crippen LogP contribution in [0.3, 0.4) is 0 Å². The van der Waals surface area contributed by atoms with Gasteiger partial charge in [0.05, 0.1) is 0 Å². The first-order valence-electron chi connectivity index (χ1n) is 1.98. The van der Waals surface area contributed by atoms with Crippen molar-refractivity contribution in [2.24, 2.45) is 0 Å². The zero-order valence-corrected chi connectivity index (χ0v) is 3.78. The van der Waals surface area contributed by atoms with E-state index in [1.54, 1.807) is 0 Å². The predicted molar refractivity (Wildman–Crippen MR) is 22.8 cm³/mol. The number of hydrogen-bond donors (Lipinski definition) is 0. The third kappa shape index (κ3) is 3.96. The summed E-state index contributed by atoms with van der Waals surface area (Å²) in [6, 6.07) is 0.134. The van der Waals surface area contributed by atoms with Gasteiger partial charge in [-0.1, -0.05) is 6.92 Å². The Kier molecular flexibility index (Phi) is 2.19. The van der Waals surface area contributed by atoms with Crippen molar-refractivity contribution < 1.29 is 0 Å². The van der Waals surface area contributed by atoms with E-state index in [1.807, 2.05) is 13.8 Å². The standard InChI is InChI=1S/C4H10N/c1-3-4(2)5/h4-5H,3H2,1-2H3/t4-/m0/s1. The third-order valence-corrected chi connectivity index (χ3v) is 0.612. The van der Waals surface area contributed by atoms with Gasteiger partial charge in [-0.15, -0.1) is 0 Å². The first-order chi connectivity index (χ1) is 2.27. The summed E-state index contributed by atoms with van der Waals surface area (Å²) in [7, 11) is 0. The molecule has 1 N–H and O–H groups in total. The fourth-order valence-corrected chi connectivity index (χ4v) is 0. The van der Waals surface area contributed by atoms with E-state index < -0.39 is 0 Å². The van der Waals surface area contributed by atoms with Gasteiger partial charge in [-0.2, -0.15) is 0 Å². The molecule has 0 aromatic heterocycles. The van der Waals surface area contributed by atoms with Crippen molar-refractivity contribution in [1.82, 2.24) is 5.73 Å². The van der Waals surface area contributed by atoms with Crippen molar-refractivity contribution in [3.8, 4) is 0 Å². The van der Waals surface area contributed by atoms with E-state index in [2.05, 4.69) is 0 Å². The van der Waals surface area contributed by atoms with Gasteiger partial charge in [-0.05, 0) is 13.3 Å². The summed E-state index contributed by atoms with van der Waals surface area (Å²) in [6.45, 7) is 3.90. The molecule has 0 saturated carbocycles. The normalized spacial score (nSPS) is 15.0. The van der Waals surface area contributed by atoms with Crippen molar-refractivity contribution in [2.75, 3.05) is 0 Å². The van der Waals surface area contributed by atoms with Crippen molar-refractivity contribution >= 4 is 0 Å². The lowest BCUT2D eigenvalue weighted by atomic mass is 10.3. The van der Waals surface area contributed by atoms with Crippen LogP contribution in [-0.4, -0.2) is 6.04 Å². The van der Waals surface area contributed by atoms with Crippen LogP contribution in [0.5, 0.6) is 0 Å². The number of hydrogen-bond acceptors (Lipinski definition) is 0. The highest BCUT2D eigenvalue weighted by Gasteiger charge is 1.81. The minimum absolute atomic E-state index is 0.134. The molecule has 0 unspecified atom stereocenters. The molecule has 31 valence electrons. The van der Waals surface area contributed by atoms with Gasteiger partial charge < -0.3 is 0 Å². The lowest BCUT2D eigenvalue weighted by Crippen LogP contribution is -1.96. The predicted octanol–water partition coefficient (Wildman–Crippen LogP) is 1.07. The molecule has 0 aromatic rings. The van der Waals surface area contributed by atoms with Crippen molar-refractivity contribution in [1.29, 1.82) is 0 Å². The molecule has 0 fully saturated rings. The minimum Gasteiger partial charge on any atom is -0.255 e. The number of rotatable bonds is 1. The van der Waals surface area contributed by atoms with Crippen molar-refractivity contribution in [3.05, 3.63) is 0 Å². The smallest absolute Gasteiger partial charge is 0.0182 e. The summed E-state index contributed by atoms with van der Waals surface area (Å²) in [5.74, 6) is 0. The molecule has 0 aliphatic heterocycles. The Morgan fingerprint density at radius 1 is 1.80 bits per heavy atom. The average molecular weight is 72.1 g/mol. The Labute approximate surface area is 33.2 Å². The van der Waals surface area contributed by atoms with Crippen LogP contribution in [0.1, 0.15) is 20.3 Å². The SMILES string of the molecule is CC[C@H](C)[NH]. The molecule has 1 radical (unpaired) electrons. The van der Waals surface area contributed by atoms with E-state index >= 15 is 0 Å². The van der Waals surface area contributed by atoms with Crippen molar-refractivity contribution in [3.63, 3.8) is 0 Å². The maximum atomic E-state index is 6.83. The second kappa shape index (κ2) is 2.21. The quantitative estimate of drug-likeness (QED) is 0.442. The topological polar surface area (TPSA) is 23.8 Å². The lowest BCUT2D eigenvalue weighted by Gasteiger charge is -1.89. The average Bonchev–Trinajstić information content (AvgIpc) is 1.38. The maximum absolute atomic E-state index is 6.83. The summed E-state index contributed by atoms with van der Waals surface area (Å²) < 4.78 is 0. The molecule has 5 heavy (non-hydrogen) atoms. The van der Waals surface area contributed by atoms with Crippen LogP contribution < -0.4 is 5.73 Å². The fraction of sp³-hybridized carbons (Fsp3) is 1.00. The molecule has 0 aliphatic rings. The van der Waals surface area contributed by atoms with Crippen LogP contribution in [0, 0.1) is 0 Å². The van der Waals surface area contributed by atoms with E-state index in [1.165, 1.54) is 0 Å². The third-order valence-electron chi connectivity index (χ3n) is 0.612. The summed E-state index contributed by atoms with van der Waals surface area (Å²) in [5, 5.41) is 0. The highest BCUT2D eigenvalue weighted by molar-refractivity contribution is 4.42. The lowest BCUT2D eigenvalue weighted by molar-refractivity contribution is 0.693. The Bertz CT molecular complexity index is 17.6. The largest absolute Gasteiger partial charge is 0.255 e. The molecule has 0 rings (SSSR count). The molecular formula is C4H10N. The van der Waals surface area contributed by atoms with Gasteiger partial charge in [-0.25, -0.2) is 0 Å². The van der Waals surface area contributed by atoms with Crippen LogP contribution >= 0.6 is 0 Å². The highest BCUT2D eigenvalue weighted by Crippen LogP contribution is 1.80. The summed E-state index contributed by atoms with van der Waals surface area (Å²) in [4.78, 5) is 0. The molecule has 1 heteroatoms. The summed E-state index contributed by atoms with van der Waals surface area (Å²) >= 11 is 0. The van der Waals surface area contributed by atoms with Gasteiger partial charge in [0.2, 0.25) is 0 Å². The molecule has 0 bridgehead atoms. The van der Waals surface area contributed by atoms with Gasteiger partial charge >= 0.3 is 0 Å². The Balaban J connectivity index is 2.54. The molecule has 1 nitrogen and oxygen atoms in total. The van der Waals surface area contributed by atoms with E-state index in [-0.39, 0.29) is 6.04 Å². The summed E-state index contributed by atoms with van der Waals surface area (Å²) in [6.07, 6.45) is 0.972. The molecule has 0 aliphatic carbocycles. The van der Waals surface area contributed by atoms with E-state index in [9.17, 15) is 0 Å². The van der Waals surface area contributed by atoms with E-state index in [4.69, 9.17) is 5.73 Å². The van der Waals surface area contributed by atoms with Crippen LogP contribution in [0.4, 0.5) is 0 Å². The molecule has 0 aromatic carbocycles. The molecule has 0 saturated heterocycles. The van der Waals surface area contributed by atoms with Crippen LogP contribution in [-0.2, 0) is 0 Å². The fourth-order valence-electron chi connectivity index (χ4n) is 0. The van der Waals surface area contributed by atoms with Crippen LogP contribution in [0.25, 0.3) is 0 Å². The zero-order valence-electron chi connectivity index (χ0n) is 3.78. The van der Waals surface area contributed by atoms with Gasteiger partial charge in [0.1, 0.15) is 0 Å². The maximum Gasteiger partial charge on any atom is 0.0182 e. The minimum atomic E-state index is 0.134. The van der Waals surface area contributed by atoms with Gasteiger partial charge in [0.25, 0.3) is 0 Å². The van der Waals surface area contributed by atoms with Crippen molar-refractivity contribution in [2.45, 2.75) is 26.3 Å². The Morgan fingerprint density at radius 2 is 2.00 bits per heavy atom. The van der Waals surface area contributed by atoms with Crippen LogP contribution in [0.2, 0.25) is 0 Å². The second-order valence-corrected chi connectivity index (χ2v) is 1.31. The van der Waals surface area contributed by atoms with Crippen LogP contribution in [0.15, 0.2) is 0 Å². The van der Waals surface area contributed by atoms with E-state index in [0.29, 0.717) is 0 Å². The number of nitrogens with one attached hydrogen (secondary N) is 1. The molecule has 0 amide bonds. The summed E-state index contributed by atoms with van der Waals surface area (Å²) in [5.41, 5.74) is 6.83. The molecular weight excluding hydrogens is 62.1 g/mol. The monoisotopic (exact) mass is 72.1 g/mol. The Morgan fingerprint density at radius 3 is 2.00 bits per heavy atom. The highest BCUT2D eigenvalue weighted by atomic mass is 14.6. The zero-order chi connectivity index (χ0) is 4.28. The second-order valence-electron chi connectivity index (χ2n) is 1.31. The van der Waals surface area contributed by atoms with Gasteiger partial charge in [-0.3, -0.25) is 5.73 Å². The van der Waals surface area contributed by atoms with E-state index in [0.717, 1.165) is 6.42 Å². The van der Waals surface area contributed by atoms with Gasteiger partial charge in [0.15, 0.2) is 0 Å². The molecule has 1 atom stereocenters. The van der Waals surface area contributed by atoms with Gasteiger partial charge in [0, 0.05) is 6.04 Å². The first kappa shape index (κ1) is 4.96. The molecule has 0 heterocycles. The Hall–Kier alpha value is -0.0400. The molecule has 0 spiro atoms. The first-order valence-corrected chi connectivity index (χ1v) is 1.98.